The van der Waals surface area contributed by atoms with E-state index in [9.17, 15) is 4.79 Å². The molecule has 3 aromatic rings. The quantitative estimate of drug-likeness (QED) is 0.770. The van der Waals surface area contributed by atoms with Crippen LogP contribution >= 0.6 is 0 Å². The van der Waals surface area contributed by atoms with E-state index in [-0.39, 0.29) is 6.03 Å². The average Bonchev–Trinajstić information content (AvgIpc) is 3.21. The SMILES string of the molecule is CN(C)C(=O)NCc1cc2n(n1)CCCN(Cc1ccc3occc3c1)C2. The summed E-state index contributed by atoms with van der Waals surface area (Å²) in [5.41, 5.74) is 4.32. The molecule has 1 aliphatic rings. The van der Waals surface area contributed by atoms with Crippen molar-refractivity contribution in [3.63, 3.8) is 0 Å². The predicted molar refractivity (Wildman–Crippen MR) is 103 cm³/mol. The Balaban J connectivity index is 1.43. The first-order valence-electron chi connectivity index (χ1n) is 9.28. The van der Waals surface area contributed by atoms with Crippen LogP contribution in [-0.4, -0.2) is 46.3 Å². The molecule has 1 N–H and O–H groups in total. The Morgan fingerprint density at radius 1 is 1.26 bits per heavy atom. The molecule has 0 saturated carbocycles. The number of aromatic nitrogens is 2. The highest BCUT2D eigenvalue weighted by Crippen LogP contribution is 2.20. The van der Waals surface area contributed by atoms with Crippen LogP contribution < -0.4 is 5.32 Å². The lowest BCUT2D eigenvalue weighted by molar-refractivity contribution is 0.217. The zero-order valence-electron chi connectivity index (χ0n) is 15.8. The van der Waals surface area contributed by atoms with E-state index in [0.717, 1.165) is 49.3 Å². The molecule has 1 aliphatic heterocycles. The van der Waals surface area contributed by atoms with Gasteiger partial charge in [0.05, 0.1) is 24.2 Å². The molecule has 4 rings (SSSR count). The monoisotopic (exact) mass is 367 g/mol. The lowest BCUT2D eigenvalue weighted by Crippen LogP contribution is -2.34. The summed E-state index contributed by atoms with van der Waals surface area (Å²) in [6, 6.07) is 10.4. The Morgan fingerprint density at radius 2 is 2.15 bits per heavy atom. The van der Waals surface area contributed by atoms with Gasteiger partial charge in [-0.15, -0.1) is 0 Å². The Labute approximate surface area is 158 Å². The third kappa shape index (κ3) is 3.98. The number of hydrogen-bond acceptors (Lipinski definition) is 4. The lowest BCUT2D eigenvalue weighted by Gasteiger charge is -2.19. The molecular weight excluding hydrogens is 342 g/mol. The minimum absolute atomic E-state index is 0.102. The molecule has 7 nitrogen and oxygen atoms in total. The van der Waals surface area contributed by atoms with Crippen LogP contribution in [0.2, 0.25) is 0 Å². The van der Waals surface area contributed by atoms with Gasteiger partial charge in [0.25, 0.3) is 0 Å². The summed E-state index contributed by atoms with van der Waals surface area (Å²) in [6.07, 6.45) is 2.79. The molecular formula is C20H25N5O2. The van der Waals surface area contributed by atoms with Crippen molar-refractivity contribution in [2.75, 3.05) is 20.6 Å². The highest BCUT2D eigenvalue weighted by molar-refractivity contribution is 5.77. The molecule has 7 heteroatoms. The van der Waals surface area contributed by atoms with Gasteiger partial charge in [0.2, 0.25) is 0 Å². The molecule has 0 atom stereocenters. The molecule has 0 bridgehead atoms. The fraction of sp³-hybridized carbons (Fsp3) is 0.400. The van der Waals surface area contributed by atoms with Crippen molar-refractivity contribution in [2.24, 2.45) is 0 Å². The van der Waals surface area contributed by atoms with Crippen molar-refractivity contribution in [2.45, 2.75) is 32.6 Å². The molecule has 27 heavy (non-hydrogen) atoms. The summed E-state index contributed by atoms with van der Waals surface area (Å²) in [6.45, 7) is 4.17. The van der Waals surface area contributed by atoms with Crippen LogP contribution in [0.3, 0.4) is 0 Å². The molecule has 1 aromatic carbocycles. The van der Waals surface area contributed by atoms with E-state index in [1.807, 2.05) is 12.1 Å². The highest BCUT2D eigenvalue weighted by Gasteiger charge is 2.17. The van der Waals surface area contributed by atoms with E-state index >= 15 is 0 Å². The Kier molecular flexibility index (Phi) is 4.85. The summed E-state index contributed by atoms with van der Waals surface area (Å²) in [4.78, 5) is 15.7. The van der Waals surface area contributed by atoms with Crippen molar-refractivity contribution < 1.29 is 9.21 Å². The fourth-order valence-electron chi connectivity index (χ4n) is 3.51. The van der Waals surface area contributed by atoms with Crippen LogP contribution in [0.15, 0.2) is 41.0 Å². The van der Waals surface area contributed by atoms with Gasteiger partial charge in [-0.2, -0.15) is 5.10 Å². The maximum atomic E-state index is 11.7. The number of furan rings is 1. The number of nitrogens with one attached hydrogen (secondary N) is 1. The minimum atomic E-state index is -0.102. The van der Waals surface area contributed by atoms with Crippen molar-refractivity contribution >= 4 is 17.0 Å². The van der Waals surface area contributed by atoms with Crippen molar-refractivity contribution in [1.82, 2.24) is 24.9 Å². The Morgan fingerprint density at radius 3 is 3.00 bits per heavy atom. The largest absolute Gasteiger partial charge is 0.464 e. The molecule has 2 aromatic heterocycles. The molecule has 142 valence electrons. The second-order valence-corrected chi connectivity index (χ2v) is 7.26. The van der Waals surface area contributed by atoms with E-state index in [4.69, 9.17) is 4.42 Å². The summed E-state index contributed by atoms with van der Waals surface area (Å²) in [5, 5.41) is 8.68. The highest BCUT2D eigenvalue weighted by atomic mass is 16.3. The van der Waals surface area contributed by atoms with Crippen LogP contribution in [0.4, 0.5) is 4.79 Å². The van der Waals surface area contributed by atoms with Crippen LogP contribution in [-0.2, 0) is 26.2 Å². The van der Waals surface area contributed by atoms with Crippen LogP contribution in [0.1, 0.15) is 23.4 Å². The number of rotatable bonds is 4. The first-order chi connectivity index (χ1) is 13.1. The van der Waals surface area contributed by atoms with Gasteiger partial charge in [0.1, 0.15) is 5.58 Å². The van der Waals surface area contributed by atoms with E-state index in [2.05, 4.69) is 38.2 Å². The number of hydrogen-bond donors (Lipinski definition) is 1. The number of nitrogens with zero attached hydrogens (tertiary/aromatic N) is 4. The number of amides is 2. The maximum Gasteiger partial charge on any atom is 0.317 e. The van der Waals surface area contributed by atoms with Gasteiger partial charge in [0.15, 0.2) is 0 Å². The van der Waals surface area contributed by atoms with E-state index in [0.29, 0.717) is 6.54 Å². The number of carbonyl (C=O) groups excluding carboxylic acids is 1. The third-order valence-electron chi connectivity index (χ3n) is 4.89. The Bertz CT molecular complexity index is 943. The summed E-state index contributed by atoms with van der Waals surface area (Å²) in [7, 11) is 3.47. The molecule has 3 heterocycles. The van der Waals surface area contributed by atoms with Gasteiger partial charge in [-0.05, 0) is 36.2 Å². The third-order valence-corrected chi connectivity index (χ3v) is 4.89. The zero-order valence-corrected chi connectivity index (χ0v) is 15.8. The summed E-state index contributed by atoms with van der Waals surface area (Å²) < 4.78 is 7.51. The lowest BCUT2D eigenvalue weighted by atomic mass is 10.1. The molecule has 2 amide bonds. The van der Waals surface area contributed by atoms with E-state index < -0.39 is 0 Å². The maximum absolute atomic E-state index is 11.7. The minimum Gasteiger partial charge on any atom is -0.464 e. The van der Waals surface area contributed by atoms with Crippen molar-refractivity contribution in [1.29, 1.82) is 0 Å². The predicted octanol–water partition coefficient (Wildman–Crippen LogP) is 2.81. The summed E-state index contributed by atoms with van der Waals surface area (Å²) in [5.74, 6) is 0. The van der Waals surface area contributed by atoms with Crippen LogP contribution in [0.25, 0.3) is 11.0 Å². The first-order valence-corrected chi connectivity index (χ1v) is 9.28. The van der Waals surface area contributed by atoms with Crippen molar-refractivity contribution in [3.05, 3.63) is 53.5 Å². The molecule has 0 radical (unpaired) electrons. The average molecular weight is 367 g/mol. The zero-order chi connectivity index (χ0) is 18.8. The van der Waals surface area contributed by atoms with E-state index in [1.54, 1.807) is 20.4 Å². The van der Waals surface area contributed by atoms with Crippen LogP contribution in [0, 0.1) is 0 Å². The smallest absolute Gasteiger partial charge is 0.317 e. The Hall–Kier alpha value is -2.80. The summed E-state index contributed by atoms with van der Waals surface area (Å²) >= 11 is 0. The number of fused-ring (bicyclic) bond motifs is 2. The number of carbonyl (C=O) groups is 1. The molecule has 0 unspecified atom stereocenters. The molecule has 0 aliphatic carbocycles. The van der Waals surface area contributed by atoms with Gasteiger partial charge < -0.3 is 14.6 Å². The van der Waals surface area contributed by atoms with Crippen molar-refractivity contribution in [3.8, 4) is 0 Å². The second-order valence-electron chi connectivity index (χ2n) is 7.26. The first kappa shape index (κ1) is 17.6. The van der Waals surface area contributed by atoms with Gasteiger partial charge in [-0.3, -0.25) is 9.58 Å². The second kappa shape index (κ2) is 7.44. The topological polar surface area (TPSA) is 66.5 Å². The van der Waals surface area contributed by atoms with Gasteiger partial charge in [-0.25, -0.2) is 4.79 Å². The van der Waals surface area contributed by atoms with Gasteiger partial charge >= 0.3 is 6.03 Å². The number of aryl methyl sites for hydroxylation is 1. The molecule has 0 fully saturated rings. The number of urea groups is 1. The molecule has 0 saturated heterocycles. The normalized spacial score (nSPS) is 14.7. The van der Waals surface area contributed by atoms with Gasteiger partial charge in [0, 0.05) is 45.7 Å². The van der Waals surface area contributed by atoms with Crippen LogP contribution in [0.5, 0.6) is 0 Å². The fourth-order valence-corrected chi connectivity index (χ4v) is 3.51. The van der Waals surface area contributed by atoms with E-state index in [1.165, 1.54) is 16.2 Å². The number of benzene rings is 1. The standard InChI is InChI=1S/C20H25N5O2/c1-23(2)20(26)21-12-17-11-18-14-24(7-3-8-25(18)22-17)13-15-4-5-19-16(10-15)6-9-27-19/h4-6,9-11H,3,7-8,12-14H2,1-2H3,(H,21,26). The molecule has 0 spiro atoms. The van der Waals surface area contributed by atoms with Gasteiger partial charge in [-0.1, -0.05) is 6.07 Å².